The van der Waals surface area contributed by atoms with Crippen LogP contribution in [-0.4, -0.2) is 20.8 Å². The standard InChI is InChI=1S/C10H17N3O/c1-4-5-6-10(14)9-7-13(8(2)3)12-11-9/h7-8H,4-6H2,1-3H3. The Labute approximate surface area is 84.3 Å². The molecule has 0 spiro atoms. The second-order valence-electron chi connectivity index (χ2n) is 3.70. The molecule has 0 unspecified atom stereocenters. The Morgan fingerprint density at radius 3 is 2.79 bits per heavy atom. The van der Waals surface area contributed by atoms with Gasteiger partial charge < -0.3 is 0 Å². The number of unbranched alkanes of at least 4 members (excludes halogenated alkanes) is 1. The maximum absolute atomic E-state index is 11.5. The van der Waals surface area contributed by atoms with Crippen LogP contribution in [0.15, 0.2) is 6.20 Å². The Bertz CT molecular complexity index is 304. The zero-order valence-corrected chi connectivity index (χ0v) is 9.03. The van der Waals surface area contributed by atoms with Crippen molar-refractivity contribution in [2.75, 3.05) is 0 Å². The van der Waals surface area contributed by atoms with Crippen LogP contribution in [0.5, 0.6) is 0 Å². The number of hydrogen-bond acceptors (Lipinski definition) is 3. The van der Waals surface area contributed by atoms with Crippen molar-refractivity contribution < 1.29 is 4.79 Å². The molecule has 78 valence electrons. The van der Waals surface area contributed by atoms with E-state index in [9.17, 15) is 4.79 Å². The first-order valence-corrected chi connectivity index (χ1v) is 5.10. The molecule has 4 nitrogen and oxygen atoms in total. The molecule has 0 N–H and O–H groups in total. The fraction of sp³-hybridized carbons (Fsp3) is 0.700. The Morgan fingerprint density at radius 2 is 2.29 bits per heavy atom. The lowest BCUT2D eigenvalue weighted by molar-refractivity contribution is 0.0975. The highest BCUT2D eigenvalue weighted by Crippen LogP contribution is 2.06. The monoisotopic (exact) mass is 195 g/mol. The van der Waals surface area contributed by atoms with Gasteiger partial charge in [0.05, 0.1) is 6.20 Å². The molecular formula is C10H17N3O. The van der Waals surface area contributed by atoms with Gasteiger partial charge in [-0.3, -0.25) is 4.79 Å². The molecule has 4 heteroatoms. The van der Waals surface area contributed by atoms with E-state index in [0.29, 0.717) is 12.1 Å². The van der Waals surface area contributed by atoms with Gasteiger partial charge in [-0.1, -0.05) is 18.6 Å². The lowest BCUT2D eigenvalue weighted by Gasteiger charge is -2.00. The van der Waals surface area contributed by atoms with Crippen molar-refractivity contribution in [2.24, 2.45) is 0 Å². The zero-order chi connectivity index (χ0) is 10.6. The van der Waals surface area contributed by atoms with Gasteiger partial charge in [0.25, 0.3) is 0 Å². The van der Waals surface area contributed by atoms with Crippen LogP contribution in [0.3, 0.4) is 0 Å². The Kier molecular flexibility index (Phi) is 3.80. The summed E-state index contributed by atoms with van der Waals surface area (Å²) < 4.78 is 1.71. The minimum atomic E-state index is 0.0961. The SMILES string of the molecule is CCCCC(=O)c1cn(C(C)C)nn1. The number of aromatic nitrogens is 3. The zero-order valence-electron chi connectivity index (χ0n) is 9.03. The second-order valence-corrected chi connectivity index (χ2v) is 3.70. The maximum Gasteiger partial charge on any atom is 0.184 e. The van der Waals surface area contributed by atoms with Gasteiger partial charge in [0.2, 0.25) is 0 Å². The summed E-state index contributed by atoms with van der Waals surface area (Å²) >= 11 is 0. The second kappa shape index (κ2) is 4.88. The molecule has 0 radical (unpaired) electrons. The normalized spacial score (nSPS) is 10.9. The van der Waals surface area contributed by atoms with E-state index in [0.717, 1.165) is 12.8 Å². The van der Waals surface area contributed by atoms with E-state index in [1.807, 2.05) is 13.8 Å². The van der Waals surface area contributed by atoms with Crippen molar-refractivity contribution in [3.63, 3.8) is 0 Å². The largest absolute Gasteiger partial charge is 0.292 e. The minimum Gasteiger partial charge on any atom is -0.292 e. The Morgan fingerprint density at radius 1 is 1.57 bits per heavy atom. The predicted molar refractivity (Wildman–Crippen MR) is 54.3 cm³/mol. The Balaban J connectivity index is 2.62. The molecule has 0 aliphatic rings. The highest BCUT2D eigenvalue weighted by molar-refractivity contribution is 5.93. The Hall–Kier alpha value is -1.19. The van der Waals surface area contributed by atoms with E-state index < -0.39 is 0 Å². The molecule has 0 aliphatic carbocycles. The molecule has 1 aromatic rings. The number of hydrogen-bond donors (Lipinski definition) is 0. The summed E-state index contributed by atoms with van der Waals surface area (Å²) in [5, 5.41) is 7.74. The molecule has 0 bridgehead atoms. The van der Waals surface area contributed by atoms with Crippen molar-refractivity contribution >= 4 is 5.78 Å². The summed E-state index contributed by atoms with van der Waals surface area (Å²) in [4.78, 5) is 11.5. The summed E-state index contributed by atoms with van der Waals surface area (Å²) in [5.41, 5.74) is 0.493. The highest BCUT2D eigenvalue weighted by Gasteiger charge is 2.10. The van der Waals surface area contributed by atoms with Gasteiger partial charge in [0.15, 0.2) is 5.78 Å². The van der Waals surface area contributed by atoms with Crippen LogP contribution >= 0.6 is 0 Å². The van der Waals surface area contributed by atoms with Crippen LogP contribution in [0.2, 0.25) is 0 Å². The molecule has 1 heterocycles. The summed E-state index contributed by atoms with van der Waals surface area (Å²) in [6.07, 6.45) is 4.26. The van der Waals surface area contributed by atoms with E-state index in [1.165, 1.54) is 0 Å². The van der Waals surface area contributed by atoms with E-state index in [2.05, 4.69) is 17.2 Å². The molecule has 0 saturated carbocycles. The van der Waals surface area contributed by atoms with Crippen LogP contribution in [0.25, 0.3) is 0 Å². The molecule has 1 rings (SSSR count). The summed E-state index contributed by atoms with van der Waals surface area (Å²) in [6.45, 7) is 6.09. The number of rotatable bonds is 5. The average molecular weight is 195 g/mol. The molecule has 0 amide bonds. The van der Waals surface area contributed by atoms with Crippen LogP contribution in [0.4, 0.5) is 0 Å². The first-order chi connectivity index (χ1) is 6.65. The maximum atomic E-state index is 11.5. The summed E-state index contributed by atoms with van der Waals surface area (Å²) in [7, 11) is 0. The van der Waals surface area contributed by atoms with Crippen LogP contribution in [-0.2, 0) is 0 Å². The molecule has 1 aromatic heterocycles. The molecule has 0 saturated heterocycles. The number of nitrogens with zero attached hydrogens (tertiary/aromatic N) is 3. The van der Waals surface area contributed by atoms with E-state index in [4.69, 9.17) is 0 Å². The van der Waals surface area contributed by atoms with E-state index in [1.54, 1.807) is 10.9 Å². The molecule has 14 heavy (non-hydrogen) atoms. The molecular weight excluding hydrogens is 178 g/mol. The smallest absolute Gasteiger partial charge is 0.184 e. The topological polar surface area (TPSA) is 47.8 Å². The van der Waals surface area contributed by atoms with Crippen molar-refractivity contribution in [3.8, 4) is 0 Å². The van der Waals surface area contributed by atoms with Gasteiger partial charge in [-0.2, -0.15) is 0 Å². The summed E-state index contributed by atoms with van der Waals surface area (Å²) in [5.74, 6) is 0.0961. The lowest BCUT2D eigenvalue weighted by Crippen LogP contribution is -2.01. The molecule has 0 aromatic carbocycles. The average Bonchev–Trinajstić information content (AvgIpc) is 2.62. The van der Waals surface area contributed by atoms with Gasteiger partial charge in [0, 0.05) is 12.5 Å². The van der Waals surface area contributed by atoms with E-state index >= 15 is 0 Å². The molecule has 0 fully saturated rings. The van der Waals surface area contributed by atoms with Gasteiger partial charge >= 0.3 is 0 Å². The third-order valence-corrected chi connectivity index (χ3v) is 2.08. The quantitative estimate of drug-likeness (QED) is 0.677. The van der Waals surface area contributed by atoms with Crippen molar-refractivity contribution in [1.29, 1.82) is 0 Å². The first kappa shape index (κ1) is 10.9. The van der Waals surface area contributed by atoms with Gasteiger partial charge in [-0.15, -0.1) is 5.10 Å². The van der Waals surface area contributed by atoms with Crippen molar-refractivity contribution in [1.82, 2.24) is 15.0 Å². The van der Waals surface area contributed by atoms with Gasteiger partial charge in [-0.05, 0) is 20.3 Å². The lowest BCUT2D eigenvalue weighted by atomic mass is 10.1. The van der Waals surface area contributed by atoms with Gasteiger partial charge in [-0.25, -0.2) is 4.68 Å². The highest BCUT2D eigenvalue weighted by atomic mass is 16.1. The minimum absolute atomic E-state index is 0.0961. The van der Waals surface area contributed by atoms with Crippen molar-refractivity contribution in [3.05, 3.63) is 11.9 Å². The third-order valence-electron chi connectivity index (χ3n) is 2.08. The number of Topliss-reactive ketones (excluding diaryl/α,β-unsaturated/α-hetero) is 1. The van der Waals surface area contributed by atoms with Crippen molar-refractivity contribution in [2.45, 2.75) is 46.1 Å². The van der Waals surface area contributed by atoms with E-state index in [-0.39, 0.29) is 11.8 Å². The number of ketones is 1. The predicted octanol–water partition coefficient (Wildman–Crippen LogP) is 2.23. The number of carbonyl (C=O) groups is 1. The fourth-order valence-corrected chi connectivity index (χ4v) is 1.12. The fourth-order valence-electron chi connectivity index (χ4n) is 1.12. The number of carbonyl (C=O) groups excluding carboxylic acids is 1. The molecule has 0 aliphatic heterocycles. The third kappa shape index (κ3) is 2.65. The van der Waals surface area contributed by atoms with Crippen LogP contribution in [0, 0.1) is 0 Å². The first-order valence-electron chi connectivity index (χ1n) is 5.10. The van der Waals surface area contributed by atoms with Gasteiger partial charge in [0.1, 0.15) is 5.69 Å². The van der Waals surface area contributed by atoms with Crippen LogP contribution in [0.1, 0.15) is 56.6 Å². The van der Waals surface area contributed by atoms with Crippen LogP contribution < -0.4 is 0 Å². The summed E-state index contributed by atoms with van der Waals surface area (Å²) in [6, 6.07) is 0.259. The molecule has 0 atom stereocenters.